The van der Waals surface area contributed by atoms with Crippen LogP contribution < -0.4 is 11.1 Å². The van der Waals surface area contributed by atoms with Crippen LogP contribution in [0.25, 0.3) is 0 Å². The Morgan fingerprint density at radius 3 is 2.84 bits per heavy atom. The van der Waals surface area contributed by atoms with Crippen molar-refractivity contribution in [3.63, 3.8) is 0 Å². The van der Waals surface area contributed by atoms with E-state index in [0.717, 1.165) is 25.7 Å². The minimum atomic E-state index is -0.500. The van der Waals surface area contributed by atoms with Gasteiger partial charge in [-0.2, -0.15) is 0 Å². The molecule has 5 heteroatoms. The summed E-state index contributed by atoms with van der Waals surface area (Å²) in [4.78, 5) is 11.7. The Hall–Kier alpha value is -1.62. The van der Waals surface area contributed by atoms with E-state index in [2.05, 4.69) is 5.32 Å². The van der Waals surface area contributed by atoms with E-state index >= 15 is 0 Å². The van der Waals surface area contributed by atoms with Gasteiger partial charge in [0, 0.05) is 5.69 Å². The van der Waals surface area contributed by atoms with Gasteiger partial charge in [-0.25, -0.2) is 4.39 Å². The zero-order valence-corrected chi connectivity index (χ0v) is 10.8. The van der Waals surface area contributed by atoms with Gasteiger partial charge in [0.1, 0.15) is 12.4 Å². The molecule has 2 rings (SSSR count). The van der Waals surface area contributed by atoms with Crippen LogP contribution in [0.15, 0.2) is 18.2 Å². The molecule has 1 amide bonds. The average molecular weight is 266 g/mol. The molecule has 0 atom stereocenters. The lowest BCUT2D eigenvalue weighted by molar-refractivity contribution is -0.123. The number of amides is 1. The molecule has 1 saturated carbocycles. The number of nitrogen functional groups attached to an aromatic ring is 1. The highest BCUT2D eigenvalue weighted by Gasteiger charge is 2.15. The standard InChI is InChI=1S/C14H19FN2O2/c15-12-7-6-10(16)8-13(12)17-14(18)9-19-11-4-2-1-3-5-11/h6-8,11H,1-5,9,16H2,(H,17,18). The molecule has 1 aromatic carbocycles. The van der Waals surface area contributed by atoms with E-state index in [1.165, 1.54) is 24.6 Å². The first-order valence-electron chi connectivity index (χ1n) is 6.61. The van der Waals surface area contributed by atoms with Crippen LogP contribution in [0, 0.1) is 5.82 Å². The van der Waals surface area contributed by atoms with Crippen LogP contribution in [0.1, 0.15) is 32.1 Å². The van der Waals surface area contributed by atoms with Gasteiger partial charge < -0.3 is 15.8 Å². The van der Waals surface area contributed by atoms with Gasteiger partial charge in [-0.05, 0) is 31.0 Å². The first-order chi connectivity index (χ1) is 9.15. The summed E-state index contributed by atoms with van der Waals surface area (Å²) in [6, 6.07) is 4.07. The molecule has 0 aliphatic heterocycles. The van der Waals surface area contributed by atoms with Gasteiger partial charge in [0.05, 0.1) is 11.8 Å². The Labute approximate surface area is 112 Å². The van der Waals surface area contributed by atoms with Gasteiger partial charge in [-0.3, -0.25) is 4.79 Å². The van der Waals surface area contributed by atoms with Crippen LogP contribution in [-0.2, 0) is 9.53 Å². The fraction of sp³-hybridized carbons (Fsp3) is 0.500. The van der Waals surface area contributed by atoms with Crippen molar-refractivity contribution >= 4 is 17.3 Å². The number of hydrogen-bond acceptors (Lipinski definition) is 3. The van der Waals surface area contributed by atoms with Crippen LogP contribution in [0.3, 0.4) is 0 Å². The Bertz CT molecular complexity index is 445. The number of nitrogens with two attached hydrogens (primary N) is 1. The van der Waals surface area contributed by atoms with E-state index in [0.29, 0.717) is 5.69 Å². The molecule has 0 saturated heterocycles. The van der Waals surface area contributed by atoms with Gasteiger partial charge in [0.2, 0.25) is 5.91 Å². The summed E-state index contributed by atoms with van der Waals surface area (Å²) < 4.78 is 18.9. The lowest BCUT2D eigenvalue weighted by atomic mass is 9.98. The third-order valence-corrected chi connectivity index (χ3v) is 3.27. The Morgan fingerprint density at radius 1 is 1.37 bits per heavy atom. The summed E-state index contributed by atoms with van der Waals surface area (Å²) in [6.07, 6.45) is 5.69. The number of hydrogen-bond donors (Lipinski definition) is 2. The summed E-state index contributed by atoms with van der Waals surface area (Å²) in [5, 5.41) is 2.47. The summed E-state index contributed by atoms with van der Waals surface area (Å²) in [7, 11) is 0. The van der Waals surface area contributed by atoms with Gasteiger partial charge in [0.25, 0.3) is 0 Å². The molecular weight excluding hydrogens is 247 g/mol. The average Bonchev–Trinajstić information content (AvgIpc) is 2.42. The largest absolute Gasteiger partial charge is 0.399 e. The molecular formula is C14H19FN2O2. The molecule has 0 spiro atoms. The normalized spacial score (nSPS) is 16.3. The summed E-state index contributed by atoms with van der Waals surface area (Å²) >= 11 is 0. The third kappa shape index (κ3) is 4.21. The van der Waals surface area contributed by atoms with Crippen molar-refractivity contribution in [1.29, 1.82) is 0 Å². The molecule has 4 nitrogen and oxygen atoms in total. The molecule has 0 unspecified atom stereocenters. The molecule has 3 N–H and O–H groups in total. The number of rotatable bonds is 4. The van der Waals surface area contributed by atoms with Crippen LogP contribution in [0.4, 0.5) is 15.8 Å². The second kappa shape index (κ2) is 6.52. The number of benzene rings is 1. The monoisotopic (exact) mass is 266 g/mol. The van der Waals surface area contributed by atoms with Crippen LogP contribution >= 0.6 is 0 Å². The lowest BCUT2D eigenvalue weighted by Gasteiger charge is -2.21. The Morgan fingerprint density at radius 2 is 2.11 bits per heavy atom. The van der Waals surface area contributed by atoms with Crippen molar-refractivity contribution in [1.82, 2.24) is 0 Å². The van der Waals surface area contributed by atoms with Crippen LogP contribution in [0.2, 0.25) is 0 Å². The highest BCUT2D eigenvalue weighted by atomic mass is 19.1. The summed E-state index contributed by atoms with van der Waals surface area (Å²) in [5.74, 6) is -0.852. The van der Waals surface area contributed by atoms with E-state index in [1.807, 2.05) is 0 Å². The van der Waals surface area contributed by atoms with E-state index in [1.54, 1.807) is 0 Å². The number of nitrogens with one attached hydrogen (secondary N) is 1. The van der Waals surface area contributed by atoms with E-state index in [-0.39, 0.29) is 24.3 Å². The molecule has 19 heavy (non-hydrogen) atoms. The van der Waals surface area contributed by atoms with Crippen molar-refractivity contribution in [2.45, 2.75) is 38.2 Å². The van der Waals surface area contributed by atoms with E-state index in [4.69, 9.17) is 10.5 Å². The number of anilines is 2. The topological polar surface area (TPSA) is 64.3 Å². The molecule has 0 aromatic heterocycles. The maximum atomic E-state index is 13.4. The van der Waals surface area contributed by atoms with Gasteiger partial charge in [-0.15, -0.1) is 0 Å². The van der Waals surface area contributed by atoms with E-state index < -0.39 is 5.82 Å². The second-order valence-electron chi connectivity index (χ2n) is 4.86. The maximum Gasteiger partial charge on any atom is 0.250 e. The van der Waals surface area contributed by atoms with Crippen molar-refractivity contribution in [2.75, 3.05) is 17.7 Å². The number of carbonyl (C=O) groups is 1. The predicted octanol–water partition coefficient (Wildman–Crippen LogP) is 2.70. The highest BCUT2D eigenvalue weighted by molar-refractivity contribution is 5.92. The fourth-order valence-electron chi connectivity index (χ4n) is 2.25. The zero-order valence-electron chi connectivity index (χ0n) is 10.8. The molecule has 0 bridgehead atoms. The number of halogens is 1. The zero-order chi connectivity index (χ0) is 13.7. The van der Waals surface area contributed by atoms with Crippen molar-refractivity contribution in [3.05, 3.63) is 24.0 Å². The number of carbonyl (C=O) groups excluding carboxylic acids is 1. The number of ether oxygens (including phenoxy) is 1. The maximum absolute atomic E-state index is 13.4. The molecule has 104 valence electrons. The summed E-state index contributed by atoms with van der Waals surface area (Å²) in [6.45, 7) is -0.0428. The van der Waals surface area contributed by atoms with Crippen LogP contribution in [0.5, 0.6) is 0 Å². The van der Waals surface area contributed by atoms with Crippen molar-refractivity contribution in [2.24, 2.45) is 0 Å². The predicted molar refractivity (Wildman–Crippen MR) is 72.3 cm³/mol. The first-order valence-corrected chi connectivity index (χ1v) is 6.61. The van der Waals surface area contributed by atoms with Gasteiger partial charge >= 0.3 is 0 Å². The van der Waals surface area contributed by atoms with Crippen molar-refractivity contribution in [3.8, 4) is 0 Å². The molecule has 0 radical (unpaired) electrons. The minimum absolute atomic E-state index is 0.0428. The van der Waals surface area contributed by atoms with Crippen LogP contribution in [-0.4, -0.2) is 18.6 Å². The highest BCUT2D eigenvalue weighted by Crippen LogP contribution is 2.20. The fourth-order valence-corrected chi connectivity index (χ4v) is 2.25. The summed E-state index contributed by atoms with van der Waals surface area (Å²) in [5.41, 5.74) is 6.05. The second-order valence-corrected chi connectivity index (χ2v) is 4.86. The Balaban J connectivity index is 1.81. The van der Waals surface area contributed by atoms with Gasteiger partial charge in [-0.1, -0.05) is 19.3 Å². The SMILES string of the molecule is Nc1ccc(F)c(NC(=O)COC2CCCCC2)c1. The quantitative estimate of drug-likeness (QED) is 0.823. The lowest BCUT2D eigenvalue weighted by Crippen LogP contribution is -2.25. The van der Waals surface area contributed by atoms with Gasteiger partial charge in [0.15, 0.2) is 0 Å². The molecule has 1 aliphatic carbocycles. The molecule has 1 fully saturated rings. The smallest absolute Gasteiger partial charge is 0.250 e. The Kier molecular flexibility index (Phi) is 4.74. The van der Waals surface area contributed by atoms with E-state index in [9.17, 15) is 9.18 Å². The third-order valence-electron chi connectivity index (χ3n) is 3.27. The molecule has 1 aromatic rings. The molecule has 0 heterocycles. The first kappa shape index (κ1) is 13.8. The molecule has 1 aliphatic rings. The van der Waals surface area contributed by atoms with Crippen molar-refractivity contribution < 1.29 is 13.9 Å². The minimum Gasteiger partial charge on any atom is -0.399 e.